The molecule has 0 radical (unpaired) electrons. The second-order valence-electron chi connectivity index (χ2n) is 5.33. The van der Waals surface area contributed by atoms with Crippen LogP contribution in [0.2, 0.25) is 5.02 Å². The van der Waals surface area contributed by atoms with E-state index in [0.29, 0.717) is 22.4 Å². The first-order valence-corrected chi connectivity index (χ1v) is 9.03. The minimum absolute atomic E-state index is 0.155. The largest absolute Gasteiger partial charge is 0.441 e. The van der Waals surface area contributed by atoms with E-state index in [9.17, 15) is 8.42 Å². The number of benzene rings is 2. The Kier molecular flexibility index (Phi) is 4.34. The van der Waals surface area contributed by atoms with E-state index < -0.39 is 10.0 Å². The van der Waals surface area contributed by atoms with Crippen molar-refractivity contribution in [3.05, 3.63) is 65.1 Å². The van der Waals surface area contributed by atoms with Gasteiger partial charge in [-0.05, 0) is 48.9 Å². The maximum atomic E-state index is 12.5. The Balaban J connectivity index is 1.88. The average molecular weight is 363 g/mol. The molecule has 0 unspecified atom stereocenters. The third-order valence-corrected chi connectivity index (χ3v) is 5.13. The number of oxazole rings is 1. The lowest BCUT2D eigenvalue weighted by Crippen LogP contribution is -2.13. The summed E-state index contributed by atoms with van der Waals surface area (Å²) in [5, 5.41) is 0.467. The number of halogens is 1. The number of nitrogens with one attached hydrogen (secondary N) is 1. The van der Waals surface area contributed by atoms with Crippen LogP contribution in [-0.4, -0.2) is 13.4 Å². The van der Waals surface area contributed by atoms with Crippen molar-refractivity contribution in [1.82, 2.24) is 4.98 Å². The van der Waals surface area contributed by atoms with E-state index in [1.54, 1.807) is 43.5 Å². The number of anilines is 1. The van der Waals surface area contributed by atoms with Gasteiger partial charge in [0.2, 0.25) is 0 Å². The van der Waals surface area contributed by atoms with Crippen molar-refractivity contribution in [2.24, 2.45) is 0 Å². The van der Waals surface area contributed by atoms with Crippen molar-refractivity contribution in [3.8, 4) is 11.3 Å². The summed E-state index contributed by atoms with van der Waals surface area (Å²) in [4.78, 5) is 4.18. The Morgan fingerprint density at radius 3 is 2.42 bits per heavy atom. The summed E-state index contributed by atoms with van der Waals surface area (Å²) in [5.41, 5.74) is 2.00. The maximum absolute atomic E-state index is 12.5. The van der Waals surface area contributed by atoms with Crippen LogP contribution in [0.25, 0.3) is 11.3 Å². The van der Waals surface area contributed by atoms with E-state index >= 15 is 0 Å². The van der Waals surface area contributed by atoms with Gasteiger partial charge in [-0.1, -0.05) is 17.7 Å². The van der Waals surface area contributed by atoms with Crippen LogP contribution in [0, 0.1) is 13.8 Å². The summed E-state index contributed by atoms with van der Waals surface area (Å²) in [6.07, 6.45) is 1.60. The van der Waals surface area contributed by atoms with Crippen LogP contribution < -0.4 is 4.72 Å². The van der Waals surface area contributed by atoms with Crippen LogP contribution in [0.1, 0.15) is 11.5 Å². The van der Waals surface area contributed by atoms with E-state index in [4.69, 9.17) is 16.0 Å². The maximum Gasteiger partial charge on any atom is 0.261 e. The van der Waals surface area contributed by atoms with Crippen molar-refractivity contribution in [2.75, 3.05) is 4.72 Å². The molecule has 0 aliphatic rings. The Morgan fingerprint density at radius 2 is 1.79 bits per heavy atom. The van der Waals surface area contributed by atoms with Crippen molar-refractivity contribution >= 4 is 27.3 Å². The molecule has 24 heavy (non-hydrogen) atoms. The molecule has 0 spiro atoms. The molecule has 3 rings (SSSR count). The smallest absolute Gasteiger partial charge is 0.261 e. The molecule has 5 nitrogen and oxygen atoms in total. The fourth-order valence-electron chi connectivity index (χ4n) is 2.20. The van der Waals surface area contributed by atoms with Gasteiger partial charge >= 0.3 is 0 Å². The molecule has 124 valence electrons. The predicted octanol–water partition coefficient (Wildman–Crippen LogP) is 4.41. The molecule has 0 bridgehead atoms. The fraction of sp³-hybridized carbons (Fsp3) is 0.118. The first-order valence-electron chi connectivity index (χ1n) is 7.17. The van der Waals surface area contributed by atoms with Gasteiger partial charge in [-0.25, -0.2) is 13.4 Å². The normalized spacial score (nSPS) is 11.5. The molecule has 7 heteroatoms. The summed E-state index contributed by atoms with van der Waals surface area (Å²) in [6, 6.07) is 11.5. The quantitative estimate of drug-likeness (QED) is 0.746. The highest BCUT2D eigenvalue weighted by molar-refractivity contribution is 7.92. The summed E-state index contributed by atoms with van der Waals surface area (Å²) >= 11 is 5.93. The van der Waals surface area contributed by atoms with Gasteiger partial charge in [0, 0.05) is 17.5 Å². The molecule has 0 aliphatic carbocycles. The number of hydrogen-bond donors (Lipinski definition) is 1. The highest BCUT2D eigenvalue weighted by Gasteiger charge is 2.16. The molecule has 0 saturated carbocycles. The zero-order valence-electron chi connectivity index (χ0n) is 13.1. The molecule has 3 aromatic rings. The second-order valence-corrected chi connectivity index (χ2v) is 7.45. The number of sulfonamides is 1. The van der Waals surface area contributed by atoms with E-state index in [0.717, 1.165) is 11.1 Å². The highest BCUT2D eigenvalue weighted by atomic mass is 35.5. The lowest BCUT2D eigenvalue weighted by Gasteiger charge is -2.11. The topological polar surface area (TPSA) is 72.2 Å². The molecule has 0 fully saturated rings. The van der Waals surface area contributed by atoms with Crippen LogP contribution >= 0.6 is 11.6 Å². The van der Waals surface area contributed by atoms with E-state index in [-0.39, 0.29) is 4.90 Å². The SMILES string of the molecule is Cc1ncc(-c2ccc(S(=O)(=O)Nc3cc(Cl)ccc3C)cc2)o1. The Bertz CT molecular complexity index is 979. The minimum atomic E-state index is -3.70. The van der Waals surface area contributed by atoms with Gasteiger partial charge in [-0.15, -0.1) is 0 Å². The van der Waals surface area contributed by atoms with Gasteiger partial charge in [-0.3, -0.25) is 4.72 Å². The van der Waals surface area contributed by atoms with Crippen molar-refractivity contribution in [2.45, 2.75) is 18.7 Å². The summed E-state index contributed by atoms with van der Waals surface area (Å²) < 4.78 is 33.0. The second kappa shape index (κ2) is 6.30. The Morgan fingerprint density at radius 1 is 1.08 bits per heavy atom. The van der Waals surface area contributed by atoms with Gasteiger partial charge in [0.25, 0.3) is 10.0 Å². The van der Waals surface area contributed by atoms with Crippen LogP contribution in [0.3, 0.4) is 0 Å². The molecule has 0 aliphatic heterocycles. The molecular formula is C17H15ClN2O3S. The zero-order chi connectivity index (χ0) is 17.3. The van der Waals surface area contributed by atoms with Gasteiger partial charge in [0.1, 0.15) is 0 Å². The molecule has 1 N–H and O–H groups in total. The summed E-state index contributed by atoms with van der Waals surface area (Å²) in [6.45, 7) is 3.56. The lowest BCUT2D eigenvalue weighted by molar-refractivity contribution is 0.534. The van der Waals surface area contributed by atoms with Gasteiger partial charge in [0.05, 0.1) is 16.8 Å². The zero-order valence-corrected chi connectivity index (χ0v) is 14.6. The standard InChI is InChI=1S/C17H15ClN2O3S/c1-11-3-6-14(18)9-16(11)20-24(21,22)15-7-4-13(5-8-15)17-10-19-12(2)23-17/h3-10,20H,1-2H3. The summed E-state index contributed by atoms with van der Waals surface area (Å²) in [5.74, 6) is 1.15. The van der Waals surface area contributed by atoms with Crippen molar-refractivity contribution < 1.29 is 12.8 Å². The van der Waals surface area contributed by atoms with Gasteiger partial charge < -0.3 is 4.42 Å². The number of hydrogen-bond acceptors (Lipinski definition) is 4. The lowest BCUT2D eigenvalue weighted by atomic mass is 10.2. The highest BCUT2D eigenvalue weighted by Crippen LogP contribution is 2.25. The third-order valence-electron chi connectivity index (χ3n) is 3.51. The summed E-state index contributed by atoms with van der Waals surface area (Å²) in [7, 11) is -3.70. The van der Waals surface area contributed by atoms with Crippen molar-refractivity contribution in [1.29, 1.82) is 0 Å². The van der Waals surface area contributed by atoms with E-state index in [1.165, 1.54) is 12.1 Å². The first kappa shape index (κ1) is 16.5. The van der Waals surface area contributed by atoms with Crippen LogP contribution in [0.4, 0.5) is 5.69 Å². The first-order chi connectivity index (χ1) is 11.3. The molecule has 1 heterocycles. The number of rotatable bonds is 4. The predicted molar refractivity (Wildman–Crippen MR) is 93.7 cm³/mol. The molecule has 0 atom stereocenters. The molecule has 0 saturated heterocycles. The molecule has 2 aromatic carbocycles. The van der Waals surface area contributed by atoms with Gasteiger partial charge in [0.15, 0.2) is 11.7 Å². The number of nitrogens with zero attached hydrogens (tertiary/aromatic N) is 1. The van der Waals surface area contributed by atoms with E-state index in [2.05, 4.69) is 9.71 Å². The Hall–Kier alpha value is -2.31. The molecule has 0 amide bonds. The van der Waals surface area contributed by atoms with Crippen LogP contribution in [0.5, 0.6) is 0 Å². The van der Waals surface area contributed by atoms with Crippen LogP contribution in [-0.2, 0) is 10.0 Å². The minimum Gasteiger partial charge on any atom is -0.441 e. The monoisotopic (exact) mass is 362 g/mol. The molecular weight excluding hydrogens is 348 g/mol. The van der Waals surface area contributed by atoms with Crippen molar-refractivity contribution in [3.63, 3.8) is 0 Å². The fourth-order valence-corrected chi connectivity index (χ4v) is 3.49. The molecule has 1 aromatic heterocycles. The number of aromatic nitrogens is 1. The number of aryl methyl sites for hydroxylation is 2. The van der Waals surface area contributed by atoms with Crippen LogP contribution in [0.15, 0.2) is 58.0 Å². The average Bonchev–Trinajstić information content (AvgIpc) is 2.97. The Labute approximate surface area is 145 Å². The van der Waals surface area contributed by atoms with Gasteiger partial charge in [-0.2, -0.15) is 0 Å². The van der Waals surface area contributed by atoms with E-state index in [1.807, 2.05) is 6.92 Å². The third kappa shape index (κ3) is 3.44.